The van der Waals surface area contributed by atoms with Gasteiger partial charge in [-0.2, -0.15) is 0 Å². The molecule has 1 heterocycles. The summed E-state index contributed by atoms with van der Waals surface area (Å²) >= 11 is 7.98. The molecule has 1 fully saturated rings. The van der Waals surface area contributed by atoms with Crippen LogP contribution in [-0.2, 0) is 14.4 Å². The van der Waals surface area contributed by atoms with Gasteiger partial charge in [0.1, 0.15) is 5.57 Å². The molecule has 38 heavy (non-hydrogen) atoms. The van der Waals surface area contributed by atoms with Gasteiger partial charge in [0.25, 0.3) is 11.8 Å². The maximum Gasteiger partial charge on any atom is 0.336 e. The van der Waals surface area contributed by atoms with E-state index in [0.29, 0.717) is 16.3 Å². The fourth-order valence-electron chi connectivity index (χ4n) is 3.50. The van der Waals surface area contributed by atoms with Crippen LogP contribution >= 0.6 is 34.2 Å². The highest BCUT2D eigenvalue weighted by Gasteiger charge is 2.36. The zero-order chi connectivity index (χ0) is 27.2. The van der Waals surface area contributed by atoms with E-state index in [0.717, 1.165) is 14.0 Å². The minimum absolute atomic E-state index is 0.162. The van der Waals surface area contributed by atoms with Gasteiger partial charge in [0.05, 0.1) is 12.3 Å². The van der Waals surface area contributed by atoms with Crippen LogP contribution in [0.2, 0.25) is 5.02 Å². The van der Waals surface area contributed by atoms with Crippen LogP contribution in [0, 0.1) is 3.57 Å². The summed E-state index contributed by atoms with van der Waals surface area (Å²) in [7, 11) is 0. The molecule has 192 valence electrons. The second-order valence-electron chi connectivity index (χ2n) is 7.88. The number of anilines is 1. The molecule has 1 saturated heterocycles. The summed E-state index contributed by atoms with van der Waals surface area (Å²) in [5.41, 5.74) is 1.29. The van der Waals surface area contributed by atoms with Crippen molar-refractivity contribution in [3.63, 3.8) is 0 Å². The lowest BCUT2D eigenvalue weighted by molar-refractivity contribution is -0.129. The molecule has 1 aliphatic rings. The molecule has 0 aliphatic carbocycles. The van der Waals surface area contributed by atoms with Gasteiger partial charge in [0.15, 0.2) is 11.5 Å². The van der Waals surface area contributed by atoms with Crippen molar-refractivity contribution in [2.45, 2.75) is 6.92 Å². The smallest absolute Gasteiger partial charge is 0.336 e. The van der Waals surface area contributed by atoms with E-state index in [1.165, 1.54) is 24.3 Å². The number of amides is 4. The van der Waals surface area contributed by atoms with Crippen molar-refractivity contribution in [3.8, 4) is 11.5 Å². The van der Waals surface area contributed by atoms with Gasteiger partial charge in [-0.1, -0.05) is 29.8 Å². The maximum absolute atomic E-state index is 13.1. The van der Waals surface area contributed by atoms with E-state index in [1.807, 2.05) is 0 Å². The third-order valence-electron chi connectivity index (χ3n) is 5.26. The first-order valence-corrected chi connectivity index (χ1v) is 12.8. The van der Waals surface area contributed by atoms with Crippen molar-refractivity contribution in [1.82, 2.24) is 5.32 Å². The molecule has 0 spiro atoms. The minimum atomic E-state index is -0.831. The number of urea groups is 1. The average molecular weight is 643 g/mol. The first kappa shape index (κ1) is 27.1. The average Bonchev–Trinajstić information content (AvgIpc) is 2.89. The SMILES string of the molecule is CCOc1cc(/C=C2\C(=O)NC(=O)N(c3ccc(I)cc3)C2=O)ccc1OC(=O)/C=C/c1ccc(Cl)cc1. The zero-order valence-corrected chi connectivity index (χ0v) is 22.9. The number of ether oxygens (including phenoxy) is 2. The van der Waals surface area contributed by atoms with Gasteiger partial charge >= 0.3 is 12.0 Å². The van der Waals surface area contributed by atoms with Crippen molar-refractivity contribution >= 4 is 75.8 Å². The lowest BCUT2D eigenvalue weighted by Gasteiger charge is -2.26. The summed E-state index contributed by atoms with van der Waals surface area (Å²) in [6.07, 6.45) is 4.21. The van der Waals surface area contributed by atoms with Crippen LogP contribution in [0.1, 0.15) is 18.1 Å². The predicted octanol–water partition coefficient (Wildman–Crippen LogP) is 5.63. The Kier molecular flexibility index (Phi) is 8.59. The topological polar surface area (TPSA) is 102 Å². The van der Waals surface area contributed by atoms with Gasteiger partial charge in [-0.25, -0.2) is 14.5 Å². The lowest BCUT2D eigenvalue weighted by Crippen LogP contribution is -2.54. The van der Waals surface area contributed by atoms with Crippen molar-refractivity contribution < 1.29 is 28.7 Å². The van der Waals surface area contributed by atoms with Gasteiger partial charge in [-0.3, -0.25) is 14.9 Å². The number of hydrogen-bond acceptors (Lipinski definition) is 6. The summed E-state index contributed by atoms with van der Waals surface area (Å²) < 4.78 is 12.0. The number of benzene rings is 3. The van der Waals surface area contributed by atoms with E-state index in [9.17, 15) is 19.2 Å². The number of imide groups is 2. The Bertz CT molecular complexity index is 1470. The molecule has 3 aromatic rings. The van der Waals surface area contributed by atoms with Crippen molar-refractivity contribution in [3.05, 3.63) is 98.1 Å². The third-order valence-corrected chi connectivity index (χ3v) is 6.23. The lowest BCUT2D eigenvalue weighted by atomic mass is 10.1. The maximum atomic E-state index is 13.1. The highest BCUT2D eigenvalue weighted by molar-refractivity contribution is 14.1. The van der Waals surface area contributed by atoms with Gasteiger partial charge < -0.3 is 9.47 Å². The zero-order valence-electron chi connectivity index (χ0n) is 19.9. The van der Waals surface area contributed by atoms with E-state index in [-0.39, 0.29) is 23.7 Å². The fourth-order valence-corrected chi connectivity index (χ4v) is 3.98. The van der Waals surface area contributed by atoms with Crippen molar-refractivity contribution in [2.24, 2.45) is 0 Å². The first-order chi connectivity index (χ1) is 18.2. The Morgan fingerprint density at radius 1 is 0.974 bits per heavy atom. The fraction of sp³-hybridized carbons (Fsp3) is 0.0714. The number of carbonyl (C=O) groups is 4. The monoisotopic (exact) mass is 642 g/mol. The molecule has 4 rings (SSSR count). The van der Waals surface area contributed by atoms with Crippen LogP contribution in [0.25, 0.3) is 12.2 Å². The van der Waals surface area contributed by atoms with E-state index < -0.39 is 23.8 Å². The van der Waals surface area contributed by atoms with Gasteiger partial charge in [0, 0.05) is 14.7 Å². The Morgan fingerprint density at radius 3 is 2.34 bits per heavy atom. The third kappa shape index (κ3) is 6.48. The van der Waals surface area contributed by atoms with Crippen LogP contribution < -0.4 is 19.7 Å². The minimum Gasteiger partial charge on any atom is -0.490 e. The number of nitrogens with one attached hydrogen (secondary N) is 1. The molecular weight excluding hydrogens is 623 g/mol. The molecule has 0 radical (unpaired) electrons. The van der Waals surface area contributed by atoms with E-state index >= 15 is 0 Å². The quantitative estimate of drug-likeness (QED) is 0.118. The van der Waals surface area contributed by atoms with E-state index in [1.54, 1.807) is 67.6 Å². The molecule has 8 nitrogen and oxygen atoms in total. The summed E-state index contributed by atoms with van der Waals surface area (Å²) in [5, 5.41) is 2.78. The second kappa shape index (κ2) is 12.1. The summed E-state index contributed by atoms with van der Waals surface area (Å²) in [5.74, 6) is -1.80. The normalized spacial score (nSPS) is 14.7. The van der Waals surface area contributed by atoms with E-state index in [4.69, 9.17) is 21.1 Å². The van der Waals surface area contributed by atoms with Crippen LogP contribution in [0.4, 0.5) is 10.5 Å². The van der Waals surface area contributed by atoms with Crippen molar-refractivity contribution in [2.75, 3.05) is 11.5 Å². The number of barbiturate groups is 1. The summed E-state index contributed by atoms with van der Waals surface area (Å²) in [6.45, 7) is 2.04. The number of nitrogens with zero attached hydrogens (tertiary/aromatic N) is 1. The molecule has 0 unspecified atom stereocenters. The Labute approximate surface area is 237 Å². The predicted molar refractivity (Wildman–Crippen MR) is 152 cm³/mol. The highest BCUT2D eigenvalue weighted by atomic mass is 127. The Balaban J connectivity index is 1.57. The number of halogens is 2. The Morgan fingerprint density at radius 2 is 1.66 bits per heavy atom. The van der Waals surface area contributed by atoms with Gasteiger partial charge in [-0.15, -0.1) is 0 Å². The van der Waals surface area contributed by atoms with Crippen molar-refractivity contribution in [1.29, 1.82) is 0 Å². The molecule has 0 aromatic heterocycles. The first-order valence-electron chi connectivity index (χ1n) is 11.3. The van der Waals surface area contributed by atoms with Crippen LogP contribution in [0.3, 0.4) is 0 Å². The number of esters is 1. The molecule has 3 aromatic carbocycles. The largest absolute Gasteiger partial charge is 0.490 e. The van der Waals surface area contributed by atoms with Gasteiger partial charge in [0.2, 0.25) is 0 Å². The Hall–Kier alpha value is -3.96. The van der Waals surface area contributed by atoms with E-state index in [2.05, 4.69) is 27.9 Å². The van der Waals surface area contributed by atoms with Crippen LogP contribution in [0.5, 0.6) is 11.5 Å². The number of hydrogen-bond donors (Lipinski definition) is 1. The molecule has 1 aliphatic heterocycles. The molecule has 0 bridgehead atoms. The summed E-state index contributed by atoms with van der Waals surface area (Å²) in [4.78, 5) is 51.3. The molecular formula is C28H20ClIN2O6. The molecule has 4 amide bonds. The molecule has 0 saturated carbocycles. The standard InChI is InChI=1S/C28H20ClIN2O6/c1-2-37-24-16-18(5-13-23(24)38-25(33)14-6-17-3-7-19(29)8-4-17)15-22-26(34)31-28(36)32(27(22)35)21-11-9-20(30)10-12-21/h3-16H,2H2,1H3,(H,31,34,36)/b14-6+,22-15+. The summed E-state index contributed by atoms with van der Waals surface area (Å²) in [6, 6.07) is 17.4. The molecule has 1 N–H and O–H groups in total. The second-order valence-corrected chi connectivity index (χ2v) is 9.56. The number of rotatable bonds is 7. The number of carbonyl (C=O) groups excluding carboxylic acids is 4. The molecule has 10 heteroatoms. The van der Waals surface area contributed by atoms with Gasteiger partial charge in [-0.05, 0) is 101 Å². The highest BCUT2D eigenvalue weighted by Crippen LogP contribution is 2.31. The van der Waals surface area contributed by atoms with Crippen LogP contribution in [0.15, 0.2) is 78.4 Å². The molecule has 0 atom stereocenters. The van der Waals surface area contributed by atoms with Crippen LogP contribution in [-0.4, -0.2) is 30.4 Å².